The number of anilines is 1. The number of carbonyl (C=O) groups is 4. The van der Waals surface area contributed by atoms with Gasteiger partial charge >= 0.3 is 5.97 Å². The molecule has 0 unspecified atom stereocenters. The number of carbonyl (C=O) groups excluding carboxylic acids is 4. The van der Waals surface area contributed by atoms with Gasteiger partial charge in [-0.05, 0) is 67.1 Å². The first-order valence-corrected chi connectivity index (χ1v) is 12.8. The lowest BCUT2D eigenvalue weighted by Gasteiger charge is -2.28. The van der Waals surface area contributed by atoms with Crippen molar-refractivity contribution in [3.63, 3.8) is 0 Å². The van der Waals surface area contributed by atoms with Gasteiger partial charge in [0.1, 0.15) is 0 Å². The Kier molecular flexibility index (Phi) is 7.13. The monoisotopic (exact) mass is 535 g/mol. The number of fused-ring (bicyclic) bond motifs is 1. The lowest BCUT2D eigenvalue weighted by molar-refractivity contribution is -0.122. The molecule has 0 N–H and O–H groups in total. The molecule has 3 aromatic rings. The van der Waals surface area contributed by atoms with E-state index in [0.29, 0.717) is 23.6 Å². The maximum absolute atomic E-state index is 13.4. The highest BCUT2D eigenvalue weighted by atomic mass is 35.5. The minimum absolute atomic E-state index is 0.130. The summed E-state index contributed by atoms with van der Waals surface area (Å²) in [6, 6.07) is 20.6. The summed E-state index contributed by atoms with van der Waals surface area (Å²) in [5.74, 6) is -2.22. The molecule has 5 rings (SSSR count). The Labute approximate surface area is 224 Å². The SMILES string of the molecule is O=C(OCC(=O)c1ccc(Cl)cc1Cl)c1cccc(N2C(=O)[C@H]3C[C@@H](c4ccccc4)CC[C@H]3C2=O)c1. The summed E-state index contributed by atoms with van der Waals surface area (Å²) in [6.07, 6.45) is 2.10. The van der Waals surface area contributed by atoms with Gasteiger partial charge in [0.15, 0.2) is 6.61 Å². The fourth-order valence-corrected chi connectivity index (χ4v) is 5.76. The molecule has 1 heterocycles. The van der Waals surface area contributed by atoms with Crippen LogP contribution in [0, 0.1) is 11.8 Å². The highest BCUT2D eigenvalue weighted by Gasteiger charge is 2.50. The number of hydrogen-bond acceptors (Lipinski definition) is 5. The van der Waals surface area contributed by atoms with Crippen molar-refractivity contribution in [1.82, 2.24) is 0 Å². The average molecular weight is 536 g/mol. The summed E-state index contributed by atoms with van der Waals surface area (Å²) < 4.78 is 5.19. The van der Waals surface area contributed by atoms with Crippen molar-refractivity contribution >= 4 is 52.5 Å². The van der Waals surface area contributed by atoms with Crippen LogP contribution in [0.1, 0.15) is 51.5 Å². The molecule has 37 heavy (non-hydrogen) atoms. The first kappa shape index (κ1) is 25.2. The lowest BCUT2D eigenvalue weighted by atomic mass is 9.73. The van der Waals surface area contributed by atoms with Gasteiger partial charge < -0.3 is 4.74 Å². The largest absolute Gasteiger partial charge is 0.454 e. The molecule has 2 fully saturated rings. The Morgan fingerprint density at radius 1 is 0.865 bits per heavy atom. The van der Waals surface area contributed by atoms with Gasteiger partial charge in [-0.1, -0.05) is 59.6 Å². The summed E-state index contributed by atoms with van der Waals surface area (Å²) in [5.41, 5.74) is 1.82. The normalized spacial score (nSPS) is 21.0. The number of rotatable bonds is 6. The second-order valence-electron chi connectivity index (χ2n) is 9.32. The summed E-state index contributed by atoms with van der Waals surface area (Å²) in [7, 11) is 0. The summed E-state index contributed by atoms with van der Waals surface area (Å²) in [6.45, 7) is -0.517. The zero-order chi connectivity index (χ0) is 26.1. The maximum atomic E-state index is 13.4. The molecule has 3 aromatic carbocycles. The van der Waals surface area contributed by atoms with Crippen molar-refractivity contribution in [3.05, 3.63) is 99.5 Å². The Bertz CT molecular complexity index is 1390. The third kappa shape index (κ3) is 5.04. The van der Waals surface area contributed by atoms with E-state index in [0.717, 1.165) is 6.42 Å². The van der Waals surface area contributed by atoms with E-state index in [1.165, 1.54) is 40.8 Å². The molecule has 188 valence electrons. The smallest absolute Gasteiger partial charge is 0.338 e. The number of benzene rings is 3. The third-order valence-corrected chi connectivity index (χ3v) is 7.65. The molecule has 0 spiro atoms. The minimum Gasteiger partial charge on any atom is -0.454 e. The average Bonchev–Trinajstić information content (AvgIpc) is 3.16. The van der Waals surface area contributed by atoms with Crippen LogP contribution < -0.4 is 4.90 Å². The molecular weight excluding hydrogens is 513 g/mol. The van der Waals surface area contributed by atoms with Crippen molar-refractivity contribution in [2.75, 3.05) is 11.5 Å². The van der Waals surface area contributed by atoms with Crippen LogP contribution in [0.25, 0.3) is 0 Å². The molecule has 0 bridgehead atoms. The molecule has 1 aliphatic carbocycles. The highest BCUT2D eigenvalue weighted by molar-refractivity contribution is 6.36. The van der Waals surface area contributed by atoms with Crippen LogP contribution in [-0.2, 0) is 14.3 Å². The van der Waals surface area contributed by atoms with Gasteiger partial charge in [0.05, 0.1) is 28.1 Å². The van der Waals surface area contributed by atoms with Crippen LogP contribution in [0.4, 0.5) is 5.69 Å². The number of nitrogens with zero attached hydrogens (tertiary/aromatic N) is 1. The van der Waals surface area contributed by atoms with Gasteiger partial charge in [-0.15, -0.1) is 0 Å². The van der Waals surface area contributed by atoms with Crippen LogP contribution in [0.3, 0.4) is 0 Å². The zero-order valence-electron chi connectivity index (χ0n) is 19.7. The molecule has 3 atom stereocenters. The molecule has 0 aromatic heterocycles. The van der Waals surface area contributed by atoms with E-state index in [1.54, 1.807) is 12.1 Å². The number of halogens is 2. The lowest BCUT2D eigenvalue weighted by Crippen LogP contribution is -2.31. The standard InChI is InChI=1S/C29H23Cl2NO5/c30-20-10-12-23(25(31)15-20)26(33)16-37-29(36)19-7-4-8-21(13-19)32-27(34)22-11-9-18(14-24(22)28(32)35)17-5-2-1-3-6-17/h1-8,10,12-13,15,18,22,24H,9,11,14,16H2/t18-,22+,24-/m0/s1. The molecule has 0 radical (unpaired) electrons. The van der Waals surface area contributed by atoms with Crippen molar-refractivity contribution in [3.8, 4) is 0 Å². The number of Topliss-reactive ketones (excluding diaryl/α,β-unsaturated/α-hetero) is 1. The van der Waals surface area contributed by atoms with Gasteiger partial charge in [-0.25, -0.2) is 4.79 Å². The predicted molar refractivity (Wildman–Crippen MR) is 140 cm³/mol. The summed E-state index contributed by atoms with van der Waals surface area (Å²) in [5, 5.41) is 0.550. The first-order valence-electron chi connectivity index (χ1n) is 12.0. The topological polar surface area (TPSA) is 80.8 Å². The third-order valence-electron chi connectivity index (χ3n) is 7.10. The minimum atomic E-state index is -0.749. The molecule has 1 saturated heterocycles. The summed E-state index contributed by atoms with van der Waals surface area (Å²) >= 11 is 11.9. The van der Waals surface area contributed by atoms with Gasteiger partial charge in [-0.3, -0.25) is 19.3 Å². The van der Waals surface area contributed by atoms with E-state index in [4.69, 9.17) is 27.9 Å². The molecule has 2 aliphatic rings. The van der Waals surface area contributed by atoms with Crippen molar-refractivity contribution in [2.45, 2.75) is 25.2 Å². The van der Waals surface area contributed by atoms with Crippen molar-refractivity contribution < 1.29 is 23.9 Å². The predicted octanol–water partition coefficient (Wildman–Crippen LogP) is 6.11. The summed E-state index contributed by atoms with van der Waals surface area (Å²) in [4.78, 5) is 52.9. The number of ketones is 1. The fraction of sp³-hybridized carbons (Fsp3) is 0.241. The first-order chi connectivity index (χ1) is 17.8. The molecule has 1 aliphatic heterocycles. The second-order valence-corrected chi connectivity index (χ2v) is 10.2. The van der Waals surface area contributed by atoms with E-state index in [-0.39, 0.29) is 45.7 Å². The van der Waals surface area contributed by atoms with Gasteiger partial charge in [0, 0.05) is 10.6 Å². The van der Waals surface area contributed by atoms with E-state index in [1.807, 2.05) is 18.2 Å². The second kappa shape index (κ2) is 10.5. The molecule has 1 saturated carbocycles. The Morgan fingerprint density at radius 3 is 2.38 bits per heavy atom. The quantitative estimate of drug-likeness (QED) is 0.216. The van der Waals surface area contributed by atoms with Crippen LogP contribution in [-0.4, -0.2) is 30.2 Å². The number of amides is 2. The maximum Gasteiger partial charge on any atom is 0.338 e. The van der Waals surface area contributed by atoms with E-state index < -0.39 is 18.4 Å². The van der Waals surface area contributed by atoms with E-state index in [9.17, 15) is 19.2 Å². The van der Waals surface area contributed by atoms with Gasteiger partial charge in [-0.2, -0.15) is 0 Å². The van der Waals surface area contributed by atoms with Gasteiger partial charge in [0.2, 0.25) is 17.6 Å². The number of imide groups is 1. The van der Waals surface area contributed by atoms with Crippen LogP contribution in [0.2, 0.25) is 10.0 Å². The highest BCUT2D eigenvalue weighted by Crippen LogP contribution is 2.45. The fourth-order valence-electron chi connectivity index (χ4n) is 5.24. The molecular formula is C29H23Cl2NO5. The Morgan fingerprint density at radius 2 is 1.62 bits per heavy atom. The van der Waals surface area contributed by atoms with E-state index >= 15 is 0 Å². The molecule has 2 amide bonds. The molecule has 8 heteroatoms. The van der Waals surface area contributed by atoms with Crippen LogP contribution in [0.15, 0.2) is 72.8 Å². The zero-order valence-corrected chi connectivity index (χ0v) is 21.2. The van der Waals surface area contributed by atoms with Crippen LogP contribution in [0.5, 0.6) is 0 Å². The van der Waals surface area contributed by atoms with E-state index in [2.05, 4.69) is 12.1 Å². The molecule has 6 nitrogen and oxygen atoms in total. The van der Waals surface area contributed by atoms with Crippen molar-refractivity contribution in [1.29, 1.82) is 0 Å². The Hall–Kier alpha value is -3.48. The van der Waals surface area contributed by atoms with Crippen molar-refractivity contribution in [2.24, 2.45) is 11.8 Å². The van der Waals surface area contributed by atoms with Crippen LogP contribution >= 0.6 is 23.2 Å². The van der Waals surface area contributed by atoms with Gasteiger partial charge in [0.25, 0.3) is 0 Å². The Balaban J connectivity index is 1.28. The number of ether oxygens (including phenoxy) is 1. The number of hydrogen-bond donors (Lipinski definition) is 0. The number of esters is 1.